The summed E-state index contributed by atoms with van der Waals surface area (Å²) >= 11 is 0. The Balaban J connectivity index is 1.90. The first-order valence-electron chi connectivity index (χ1n) is 11.4. The minimum Gasteiger partial charge on any atom is -0.394 e. The van der Waals surface area contributed by atoms with Gasteiger partial charge in [-0.15, -0.1) is 0 Å². The van der Waals surface area contributed by atoms with Crippen molar-refractivity contribution in [2.75, 3.05) is 19.8 Å². The van der Waals surface area contributed by atoms with E-state index in [1.807, 2.05) is 12.1 Å². The number of aliphatic hydroxyl groups is 1. The van der Waals surface area contributed by atoms with E-state index < -0.39 is 40.7 Å². The first-order valence-corrected chi connectivity index (χ1v) is 11.4. The lowest BCUT2D eigenvalue weighted by Crippen LogP contribution is -2.65. The van der Waals surface area contributed by atoms with Crippen molar-refractivity contribution in [1.82, 2.24) is 10.2 Å². The van der Waals surface area contributed by atoms with Crippen molar-refractivity contribution in [2.45, 2.75) is 49.3 Å². The quantitative estimate of drug-likeness (QED) is 0.200. The first-order chi connectivity index (χ1) is 17.3. The van der Waals surface area contributed by atoms with Crippen molar-refractivity contribution >= 4 is 12.7 Å². The molecule has 2 aromatic carbocycles. The molecule has 2 aromatic rings. The SMILES string of the molecule is C[C@H](OC[C@]1(c2ccccc2)CC[C@](CO)(N(C=N)C=N)CN1)c1cc(C(F)(F)F)cc(C(F)(F)F)c1. The van der Waals surface area contributed by atoms with Crippen molar-refractivity contribution < 1.29 is 36.2 Å². The van der Waals surface area contributed by atoms with Crippen LogP contribution in [0.3, 0.4) is 0 Å². The van der Waals surface area contributed by atoms with Crippen molar-refractivity contribution in [3.05, 3.63) is 70.8 Å². The minimum absolute atomic E-state index is 0.0806. The molecule has 1 aliphatic rings. The molecule has 1 heterocycles. The zero-order valence-corrected chi connectivity index (χ0v) is 20.0. The van der Waals surface area contributed by atoms with E-state index in [4.69, 9.17) is 15.6 Å². The van der Waals surface area contributed by atoms with Gasteiger partial charge in [0.1, 0.15) is 0 Å². The maximum absolute atomic E-state index is 13.3. The van der Waals surface area contributed by atoms with Crippen molar-refractivity contribution in [1.29, 1.82) is 10.8 Å². The molecule has 0 bridgehead atoms. The number of piperidine rings is 1. The maximum Gasteiger partial charge on any atom is 0.416 e. The fourth-order valence-electron chi connectivity index (χ4n) is 4.49. The summed E-state index contributed by atoms with van der Waals surface area (Å²) in [6.07, 6.45) is -8.48. The summed E-state index contributed by atoms with van der Waals surface area (Å²) in [5.74, 6) is 0. The van der Waals surface area contributed by atoms with Gasteiger partial charge < -0.3 is 20.1 Å². The number of ether oxygens (including phenoxy) is 1. The molecule has 1 aliphatic heterocycles. The first kappa shape index (κ1) is 28.6. The molecule has 3 atom stereocenters. The van der Waals surface area contributed by atoms with Crippen molar-refractivity contribution in [2.24, 2.45) is 0 Å². The van der Waals surface area contributed by atoms with E-state index in [0.717, 1.165) is 18.2 Å². The topological polar surface area (TPSA) is 92.4 Å². The Morgan fingerprint density at radius 1 is 1.00 bits per heavy atom. The van der Waals surface area contributed by atoms with Gasteiger partial charge in [-0.1, -0.05) is 30.3 Å². The molecule has 0 aromatic heterocycles. The summed E-state index contributed by atoms with van der Waals surface area (Å²) < 4.78 is 85.8. The maximum atomic E-state index is 13.3. The number of hydrogen-bond donors (Lipinski definition) is 4. The van der Waals surface area contributed by atoms with Gasteiger partial charge in [0, 0.05) is 6.54 Å². The molecule has 0 aliphatic carbocycles. The molecule has 0 spiro atoms. The number of benzene rings is 2. The second-order valence-corrected chi connectivity index (χ2v) is 9.14. The van der Waals surface area contributed by atoms with Gasteiger partial charge >= 0.3 is 12.4 Å². The van der Waals surface area contributed by atoms with E-state index in [0.29, 0.717) is 25.0 Å². The van der Waals surface area contributed by atoms with Gasteiger partial charge in [0.2, 0.25) is 0 Å². The zero-order chi connectivity index (χ0) is 27.5. The Labute approximate surface area is 210 Å². The normalized spacial score (nSPS) is 23.4. The Morgan fingerprint density at radius 3 is 2.00 bits per heavy atom. The summed E-state index contributed by atoms with van der Waals surface area (Å²) in [4.78, 5) is 1.28. The van der Waals surface area contributed by atoms with E-state index >= 15 is 0 Å². The minimum atomic E-state index is -4.96. The van der Waals surface area contributed by atoms with Crippen LogP contribution in [0.5, 0.6) is 0 Å². The molecule has 1 fully saturated rings. The monoisotopic (exact) mass is 530 g/mol. The predicted octanol–water partition coefficient (Wildman–Crippen LogP) is 5.33. The smallest absolute Gasteiger partial charge is 0.394 e. The van der Waals surface area contributed by atoms with E-state index in [9.17, 15) is 31.4 Å². The summed E-state index contributed by atoms with van der Waals surface area (Å²) in [7, 11) is 0. The third kappa shape index (κ3) is 6.13. The third-order valence-corrected chi connectivity index (χ3v) is 6.88. The van der Waals surface area contributed by atoms with Gasteiger partial charge in [-0.25, -0.2) is 0 Å². The van der Waals surface area contributed by atoms with Crippen LogP contribution < -0.4 is 5.32 Å². The van der Waals surface area contributed by atoms with Gasteiger partial charge in [-0.05, 0) is 49.1 Å². The number of halogens is 6. The average Bonchev–Trinajstić information content (AvgIpc) is 2.88. The van der Waals surface area contributed by atoms with Gasteiger partial charge in [-0.2, -0.15) is 26.3 Å². The molecule has 12 heteroatoms. The number of nitrogens with one attached hydrogen (secondary N) is 3. The fraction of sp³-hybridized carbons (Fsp3) is 0.440. The predicted molar refractivity (Wildman–Crippen MR) is 125 cm³/mol. The van der Waals surface area contributed by atoms with Gasteiger partial charge in [0.15, 0.2) is 0 Å². The summed E-state index contributed by atoms with van der Waals surface area (Å²) in [5, 5.41) is 28.5. The molecule has 1 saturated heterocycles. The van der Waals surface area contributed by atoms with Crippen LogP contribution in [0.4, 0.5) is 26.3 Å². The fourth-order valence-corrected chi connectivity index (χ4v) is 4.49. The lowest BCUT2D eigenvalue weighted by molar-refractivity contribution is -0.143. The summed E-state index contributed by atoms with van der Waals surface area (Å²) in [6, 6.07) is 10.4. The molecule has 6 nitrogen and oxygen atoms in total. The Hall–Kier alpha value is -2.96. The van der Waals surface area contributed by atoms with E-state index in [1.54, 1.807) is 18.2 Å². The Bertz CT molecular complexity index is 1040. The van der Waals surface area contributed by atoms with E-state index in [2.05, 4.69) is 5.32 Å². The number of nitrogens with zero attached hydrogens (tertiary/aromatic N) is 1. The molecular formula is C25H28F6N4O2. The highest BCUT2D eigenvalue weighted by molar-refractivity contribution is 5.73. The molecular weight excluding hydrogens is 502 g/mol. The second kappa shape index (κ2) is 10.8. The van der Waals surface area contributed by atoms with Crippen LogP contribution in [-0.4, -0.2) is 48.0 Å². The lowest BCUT2D eigenvalue weighted by Gasteiger charge is -2.50. The Kier molecular flexibility index (Phi) is 8.35. The molecule has 37 heavy (non-hydrogen) atoms. The molecule has 0 saturated carbocycles. The third-order valence-electron chi connectivity index (χ3n) is 6.88. The van der Waals surface area contributed by atoms with Crippen LogP contribution in [0, 0.1) is 10.8 Å². The summed E-state index contributed by atoms with van der Waals surface area (Å²) in [5.41, 5.74) is -4.14. The summed E-state index contributed by atoms with van der Waals surface area (Å²) in [6.45, 7) is 1.09. The second-order valence-electron chi connectivity index (χ2n) is 9.14. The van der Waals surface area contributed by atoms with Gasteiger partial charge in [-0.3, -0.25) is 10.8 Å². The average molecular weight is 531 g/mol. The standard InChI is InChI=1S/C25H28F6N4O2/c1-17(18-9-20(24(26,27)28)11-21(10-18)25(29,30)31)37-14-23(19-5-3-2-4-6-19)8-7-22(13-36,12-34-23)35(15-32)16-33/h2-6,9-11,15-17,32-34,36H,7-8,12-14H2,1H3/t17-,22-,23-/m0/s1. The van der Waals surface area contributed by atoms with Crippen molar-refractivity contribution in [3.8, 4) is 0 Å². The van der Waals surface area contributed by atoms with Crippen LogP contribution >= 0.6 is 0 Å². The largest absolute Gasteiger partial charge is 0.416 e. The number of alkyl halides is 6. The molecule has 0 radical (unpaired) electrons. The van der Waals surface area contributed by atoms with E-state index in [-0.39, 0.29) is 31.4 Å². The number of aliphatic hydroxyl groups excluding tert-OH is 1. The van der Waals surface area contributed by atoms with Gasteiger partial charge in [0.25, 0.3) is 0 Å². The highest BCUT2D eigenvalue weighted by Crippen LogP contribution is 2.40. The van der Waals surface area contributed by atoms with Gasteiger partial charge in [0.05, 0.1) is 54.2 Å². The number of hydrogen-bond acceptors (Lipinski definition) is 5. The van der Waals surface area contributed by atoms with Crippen LogP contribution in [0.2, 0.25) is 0 Å². The van der Waals surface area contributed by atoms with Crippen LogP contribution in [0.25, 0.3) is 0 Å². The zero-order valence-electron chi connectivity index (χ0n) is 20.0. The Morgan fingerprint density at radius 2 is 1.57 bits per heavy atom. The highest BCUT2D eigenvalue weighted by Gasteiger charge is 2.46. The molecule has 4 N–H and O–H groups in total. The lowest BCUT2D eigenvalue weighted by atomic mass is 9.76. The molecule has 202 valence electrons. The van der Waals surface area contributed by atoms with Crippen LogP contribution in [0.1, 0.15) is 48.1 Å². The highest BCUT2D eigenvalue weighted by atomic mass is 19.4. The van der Waals surface area contributed by atoms with Crippen LogP contribution in [-0.2, 0) is 22.6 Å². The van der Waals surface area contributed by atoms with Crippen molar-refractivity contribution in [3.63, 3.8) is 0 Å². The van der Waals surface area contributed by atoms with Crippen LogP contribution in [0.15, 0.2) is 48.5 Å². The number of rotatable bonds is 9. The molecule has 0 amide bonds. The molecule has 3 rings (SSSR count). The van der Waals surface area contributed by atoms with E-state index in [1.165, 1.54) is 11.8 Å². The molecule has 0 unspecified atom stereocenters.